The molecule has 0 bridgehead atoms. The van der Waals surface area contributed by atoms with E-state index in [2.05, 4.69) is 48.5 Å². The third-order valence-electron chi connectivity index (χ3n) is 5.43. The first kappa shape index (κ1) is 16.0. The molecule has 0 amide bonds. The van der Waals surface area contributed by atoms with Gasteiger partial charge in [-0.3, -0.25) is 4.79 Å². The van der Waals surface area contributed by atoms with Crippen molar-refractivity contribution < 1.29 is 9.69 Å². The maximum Gasteiger partial charge on any atom is 0.168 e. The normalized spacial score (nSPS) is 20.0. The van der Waals surface area contributed by atoms with Gasteiger partial charge in [-0.25, -0.2) is 0 Å². The van der Waals surface area contributed by atoms with Crippen LogP contribution < -0.4 is 4.90 Å². The Hall–Kier alpha value is -2.45. The van der Waals surface area contributed by atoms with Crippen molar-refractivity contribution in [3.8, 4) is 0 Å². The van der Waals surface area contributed by atoms with Crippen LogP contribution in [0.5, 0.6) is 0 Å². The maximum absolute atomic E-state index is 12.6. The Morgan fingerprint density at radius 2 is 1.68 bits per heavy atom. The predicted octanol–water partition coefficient (Wildman–Crippen LogP) is 3.49. The summed E-state index contributed by atoms with van der Waals surface area (Å²) in [6, 6.07) is 25.0. The summed E-state index contributed by atoms with van der Waals surface area (Å²) in [6.45, 7) is 3.26. The van der Waals surface area contributed by atoms with Gasteiger partial charge in [0.2, 0.25) is 0 Å². The molecule has 2 heteroatoms. The molecule has 0 saturated carbocycles. The number of hydrogen-bond acceptors (Lipinski definition) is 1. The third kappa shape index (κ3) is 3.64. The van der Waals surface area contributed by atoms with Gasteiger partial charge in [-0.15, -0.1) is 0 Å². The fourth-order valence-corrected chi connectivity index (χ4v) is 3.97. The Labute approximate surface area is 149 Å². The fraction of sp³-hybridized carbons (Fsp3) is 0.261. The quantitative estimate of drug-likeness (QED) is 0.711. The van der Waals surface area contributed by atoms with Crippen LogP contribution >= 0.6 is 0 Å². The second kappa shape index (κ2) is 7.20. The van der Waals surface area contributed by atoms with E-state index in [-0.39, 0.29) is 5.78 Å². The molecule has 1 heterocycles. The lowest BCUT2D eigenvalue weighted by molar-refractivity contribution is -0.887. The minimum Gasteiger partial charge on any atom is -0.334 e. The molecule has 0 radical (unpaired) electrons. The predicted molar refractivity (Wildman–Crippen MR) is 102 cm³/mol. The van der Waals surface area contributed by atoms with Gasteiger partial charge < -0.3 is 4.90 Å². The van der Waals surface area contributed by atoms with Crippen LogP contribution in [0.25, 0.3) is 10.8 Å². The van der Waals surface area contributed by atoms with E-state index in [0.29, 0.717) is 12.3 Å². The van der Waals surface area contributed by atoms with Crippen LogP contribution in [-0.4, -0.2) is 25.4 Å². The van der Waals surface area contributed by atoms with Crippen LogP contribution in [0, 0.1) is 0 Å². The van der Waals surface area contributed by atoms with Crippen molar-refractivity contribution in [2.24, 2.45) is 0 Å². The molecule has 0 spiro atoms. The van der Waals surface area contributed by atoms with Crippen molar-refractivity contribution in [1.29, 1.82) is 0 Å². The highest BCUT2D eigenvalue weighted by atomic mass is 16.1. The molecule has 2 nitrogen and oxygen atoms in total. The van der Waals surface area contributed by atoms with E-state index in [1.165, 1.54) is 23.9 Å². The van der Waals surface area contributed by atoms with Gasteiger partial charge in [0.25, 0.3) is 0 Å². The molecule has 1 unspecified atom stereocenters. The lowest BCUT2D eigenvalue weighted by Crippen LogP contribution is -3.10. The molecule has 3 aromatic rings. The molecule has 126 valence electrons. The number of hydrogen-bond donors (Lipinski definition) is 1. The summed E-state index contributed by atoms with van der Waals surface area (Å²) >= 11 is 0. The summed E-state index contributed by atoms with van der Waals surface area (Å²) in [5, 5.41) is 2.33. The van der Waals surface area contributed by atoms with Crippen LogP contribution in [-0.2, 0) is 0 Å². The van der Waals surface area contributed by atoms with Crippen molar-refractivity contribution in [2.45, 2.75) is 18.8 Å². The van der Waals surface area contributed by atoms with Crippen LogP contribution in [0.1, 0.15) is 34.7 Å². The van der Waals surface area contributed by atoms with Crippen LogP contribution in [0.4, 0.5) is 0 Å². The Balaban J connectivity index is 1.35. The minimum atomic E-state index is 0.265. The largest absolute Gasteiger partial charge is 0.334 e. The highest BCUT2D eigenvalue weighted by Crippen LogP contribution is 2.20. The van der Waals surface area contributed by atoms with Gasteiger partial charge >= 0.3 is 0 Å². The third-order valence-corrected chi connectivity index (χ3v) is 5.43. The Morgan fingerprint density at radius 1 is 0.920 bits per heavy atom. The van der Waals surface area contributed by atoms with Crippen molar-refractivity contribution in [2.75, 3.05) is 19.6 Å². The SMILES string of the molecule is O=C(CC[NH+]1CC[C@@H](c2ccccc2)C1)c1ccc2ccccc2c1. The van der Waals surface area contributed by atoms with Gasteiger partial charge in [0, 0.05) is 17.9 Å². The number of quaternary nitrogens is 1. The van der Waals surface area contributed by atoms with Crippen LogP contribution in [0.2, 0.25) is 0 Å². The molecular formula is C23H24NO+. The van der Waals surface area contributed by atoms with E-state index < -0.39 is 0 Å². The molecule has 1 aliphatic rings. The van der Waals surface area contributed by atoms with Gasteiger partial charge in [-0.2, -0.15) is 0 Å². The Morgan fingerprint density at radius 3 is 2.52 bits per heavy atom. The molecule has 0 aliphatic carbocycles. The molecule has 2 atom stereocenters. The summed E-state index contributed by atoms with van der Waals surface area (Å²) in [7, 11) is 0. The molecule has 3 aromatic carbocycles. The number of Topliss-reactive ketones (excluding diaryl/α,β-unsaturated/α-hetero) is 1. The summed E-state index contributed by atoms with van der Waals surface area (Å²) < 4.78 is 0. The first-order chi connectivity index (χ1) is 12.3. The monoisotopic (exact) mass is 330 g/mol. The van der Waals surface area contributed by atoms with Crippen LogP contribution in [0.15, 0.2) is 72.8 Å². The van der Waals surface area contributed by atoms with Gasteiger partial charge in [-0.1, -0.05) is 66.7 Å². The smallest absolute Gasteiger partial charge is 0.168 e. The van der Waals surface area contributed by atoms with Crippen LogP contribution in [0.3, 0.4) is 0 Å². The first-order valence-electron chi connectivity index (χ1n) is 9.20. The number of benzene rings is 3. The van der Waals surface area contributed by atoms with E-state index in [1.807, 2.05) is 24.3 Å². The lowest BCUT2D eigenvalue weighted by Gasteiger charge is -2.13. The Bertz CT molecular complexity index is 871. The summed E-state index contributed by atoms with van der Waals surface area (Å²) in [5.74, 6) is 0.911. The van der Waals surface area contributed by atoms with E-state index in [0.717, 1.165) is 24.0 Å². The zero-order valence-corrected chi connectivity index (χ0v) is 14.4. The van der Waals surface area contributed by atoms with E-state index in [4.69, 9.17) is 0 Å². The molecule has 4 rings (SSSR count). The average molecular weight is 330 g/mol. The summed E-state index contributed by atoms with van der Waals surface area (Å²) in [5.41, 5.74) is 2.29. The highest BCUT2D eigenvalue weighted by Gasteiger charge is 2.27. The summed E-state index contributed by atoms with van der Waals surface area (Å²) in [4.78, 5) is 14.1. The molecule has 1 saturated heterocycles. The second-order valence-electron chi connectivity index (χ2n) is 7.09. The van der Waals surface area contributed by atoms with Crippen molar-refractivity contribution in [3.63, 3.8) is 0 Å². The van der Waals surface area contributed by atoms with Gasteiger partial charge in [0.1, 0.15) is 0 Å². The van der Waals surface area contributed by atoms with Gasteiger partial charge in [0.05, 0.1) is 26.1 Å². The van der Waals surface area contributed by atoms with E-state index >= 15 is 0 Å². The fourth-order valence-electron chi connectivity index (χ4n) is 3.97. The van der Waals surface area contributed by atoms with Crippen molar-refractivity contribution in [3.05, 3.63) is 83.9 Å². The first-order valence-corrected chi connectivity index (χ1v) is 9.20. The number of ketones is 1. The molecule has 1 N–H and O–H groups in total. The minimum absolute atomic E-state index is 0.265. The zero-order chi connectivity index (χ0) is 17.1. The lowest BCUT2D eigenvalue weighted by atomic mass is 9.99. The summed E-state index contributed by atoms with van der Waals surface area (Å²) in [6.07, 6.45) is 1.86. The zero-order valence-electron chi connectivity index (χ0n) is 14.4. The number of carbonyl (C=O) groups excluding carboxylic acids is 1. The number of nitrogens with one attached hydrogen (secondary N) is 1. The highest BCUT2D eigenvalue weighted by molar-refractivity contribution is 5.99. The van der Waals surface area contributed by atoms with Crippen molar-refractivity contribution >= 4 is 16.6 Å². The van der Waals surface area contributed by atoms with E-state index in [1.54, 1.807) is 4.90 Å². The van der Waals surface area contributed by atoms with Gasteiger partial charge in [-0.05, 0) is 22.4 Å². The number of fused-ring (bicyclic) bond motifs is 1. The standard InChI is InChI=1S/C23H23NO/c25-23(21-11-10-19-8-4-5-9-20(19)16-21)13-15-24-14-12-22(17-24)18-6-2-1-3-7-18/h1-11,16,22H,12-15,17H2/p+1/t22-/m1/s1. The number of rotatable bonds is 5. The Kier molecular flexibility index (Phi) is 4.62. The van der Waals surface area contributed by atoms with E-state index in [9.17, 15) is 4.79 Å². The average Bonchev–Trinajstić information content (AvgIpc) is 3.15. The number of carbonyl (C=O) groups is 1. The topological polar surface area (TPSA) is 21.5 Å². The molecule has 1 fully saturated rings. The van der Waals surface area contributed by atoms with Gasteiger partial charge in [0.15, 0.2) is 5.78 Å². The molecular weight excluding hydrogens is 306 g/mol. The number of likely N-dealkylation sites (tertiary alicyclic amines) is 1. The second-order valence-corrected chi connectivity index (χ2v) is 7.09. The molecule has 0 aromatic heterocycles. The van der Waals surface area contributed by atoms with Crippen molar-refractivity contribution in [1.82, 2.24) is 0 Å². The molecule has 25 heavy (non-hydrogen) atoms. The maximum atomic E-state index is 12.6. The molecule has 1 aliphatic heterocycles.